The molecule has 7 heteroatoms. The van der Waals surface area contributed by atoms with Gasteiger partial charge >= 0.3 is 0 Å². The van der Waals surface area contributed by atoms with Crippen molar-refractivity contribution < 1.29 is 13.2 Å². The number of carbonyl (C=O) groups is 1. The number of halogens is 1. The Labute approximate surface area is 172 Å². The third-order valence-corrected chi connectivity index (χ3v) is 6.13. The Hall–Kier alpha value is -2.05. The van der Waals surface area contributed by atoms with Crippen LogP contribution in [0.3, 0.4) is 0 Å². The predicted octanol–water partition coefficient (Wildman–Crippen LogP) is 4.38. The van der Waals surface area contributed by atoms with E-state index in [2.05, 4.69) is 18.3 Å². The van der Waals surface area contributed by atoms with E-state index < -0.39 is 10.0 Å². The Bertz CT molecular complexity index is 927. The molecule has 0 saturated carbocycles. The molecule has 2 aromatic carbocycles. The molecule has 5 nitrogen and oxygen atoms in total. The average Bonchev–Trinajstić information content (AvgIpc) is 2.61. The Balaban J connectivity index is 1.93. The molecular formula is C21H27ClN2O3S. The van der Waals surface area contributed by atoms with E-state index in [9.17, 15) is 13.2 Å². The summed E-state index contributed by atoms with van der Waals surface area (Å²) in [5.41, 5.74) is 3.99. The highest BCUT2D eigenvalue weighted by molar-refractivity contribution is 7.92. The zero-order valence-corrected chi connectivity index (χ0v) is 18.3. The van der Waals surface area contributed by atoms with Crippen molar-refractivity contribution in [1.29, 1.82) is 0 Å². The molecule has 0 aliphatic rings. The fourth-order valence-corrected chi connectivity index (χ4v) is 4.00. The molecule has 1 N–H and O–H groups in total. The molecule has 0 aliphatic heterocycles. The number of anilines is 1. The second-order valence-electron chi connectivity index (χ2n) is 7.05. The van der Waals surface area contributed by atoms with Crippen molar-refractivity contribution in [3.8, 4) is 0 Å². The normalized spacial score (nSPS) is 12.5. The topological polar surface area (TPSA) is 66.5 Å². The first kappa shape index (κ1) is 22.2. The van der Waals surface area contributed by atoms with E-state index in [0.717, 1.165) is 11.8 Å². The van der Waals surface area contributed by atoms with Gasteiger partial charge in [0.2, 0.25) is 15.9 Å². The van der Waals surface area contributed by atoms with Gasteiger partial charge < -0.3 is 5.32 Å². The second-order valence-corrected chi connectivity index (χ2v) is 9.39. The lowest BCUT2D eigenvalue weighted by Gasteiger charge is -2.22. The number of carbonyl (C=O) groups excluding carboxylic acids is 1. The predicted molar refractivity (Wildman–Crippen MR) is 115 cm³/mol. The monoisotopic (exact) mass is 422 g/mol. The fraction of sp³-hybridized carbons (Fsp3) is 0.381. The van der Waals surface area contributed by atoms with Crippen molar-refractivity contribution in [3.05, 3.63) is 64.2 Å². The van der Waals surface area contributed by atoms with Crippen LogP contribution in [0, 0.1) is 13.8 Å². The first-order chi connectivity index (χ1) is 13.1. The molecule has 0 aromatic heterocycles. The van der Waals surface area contributed by atoms with Crippen LogP contribution in [0.15, 0.2) is 42.5 Å². The molecule has 152 valence electrons. The highest BCUT2D eigenvalue weighted by atomic mass is 35.5. The van der Waals surface area contributed by atoms with Gasteiger partial charge in [-0.05, 0) is 68.1 Å². The van der Waals surface area contributed by atoms with Gasteiger partial charge in [-0.1, -0.05) is 29.8 Å². The molecule has 0 aliphatic carbocycles. The minimum Gasteiger partial charge on any atom is -0.350 e. The van der Waals surface area contributed by atoms with Crippen molar-refractivity contribution in [2.75, 3.05) is 17.1 Å². The van der Waals surface area contributed by atoms with Crippen LogP contribution in [0.1, 0.15) is 42.5 Å². The van der Waals surface area contributed by atoms with E-state index >= 15 is 0 Å². The highest BCUT2D eigenvalue weighted by Crippen LogP contribution is 2.21. The maximum Gasteiger partial charge on any atom is 0.232 e. The molecule has 1 amide bonds. The quantitative estimate of drug-likeness (QED) is 0.686. The number of amides is 1. The molecule has 2 rings (SSSR count). The van der Waals surface area contributed by atoms with Crippen LogP contribution < -0.4 is 9.62 Å². The molecule has 0 heterocycles. The lowest BCUT2D eigenvalue weighted by Crippen LogP contribution is -2.32. The Morgan fingerprint density at radius 1 is 1.11 bits per heavy atom. The van der Waals surface area contributed by atoms with Gasteiger partial charge in [0.05, 0.1) is 18.0 Å². The summed E-state index contributed by atoms with van der Waals surface area (Å²) in [6.45, 7) is 6.27. The first-order valence-electron chi connectivity index (χ1n) is 9.17. The molecule has 1 atom stereocenters. The van der Waals surface area contributed by atoms with Crippen LogP contribution in [0.4, 0.5) is 5.69 Å². The van der Waals surface area contributed by atoms with Crippen molar-refractivity contribution in [2.24, 2.45) is 0 Å². The van der Waals surface area contributed by atoms with E-state index in [4.69, 9.17) is 11.6 Å². The number of benzene rings is 2. The average molecular weight is 423 g/mol. The molecule has 0 spiro atoms. The van der Waals surface area contributed by atoms with Crippen LogP contribution in [-0.2, 0) is 14.8 Å². The summed E-state index contributed by atoms with van der Waals surface area (Å²) in [6, 6.07) is 12.6. The van der Waals surface area contributed by atoms with E-state index in [0.29, 0.717) is 17.1 Å². The van der Waals surface area contributed by atoms with Gasteiger partial charge in [-0.3, -0.25) is 9.10 Å². The molecular weight excluding hydrogens is 396 g/mol. The third-order valence-electron chi connectivity index (χ3n) is 4.69. The number of hydrogen-bond acceptors (Lipinski definition) is 3. The lowest BCUT2D eigenvalue weighted by molar-refractivity contribution is -0.121. The molecule has 0 bridgehead atoms. The van der Waals surface area contributed by atoms with Crippen LogP contribution in [0.2, 0.25) is 5.02 Å². The van der Waals surface area contributed by atoms with Crippen LogP contribution in [0.25, 0.3) is 0 Å². The minimum atomic E-state index is -3.45. The summed E-state index contributed by atoms with van der Waals surface area (Å²) in [5, 5.41) is 3.52. The molecule has 2 aromatic rings. The highest BCUT2D eigenvalue weighted by Gasteiger charge is 2.18. The van der Waals surface area contributed by atoms with Gasteiger partial charge in [0.15, 0.2) is 0 Å². The number of nitrogens with one attached hydrogen (secondary N) is 1. The third kappa shape index (κ3) is 6.24. The summed E-state index contributed by atoms with van der Waals surface area (Å²) >= 11 is 5.87. The summed E-state index contributed by atoms with van der Waals surface area (Å²) in [7, 11) is -3.45. The van der Waals surface area contributed by atoms with E-state index in [1.54, 1.807) is 24.3 Å². The number of sulfonamides is 1. The number of hydrogen-bond donors (Lipinski definition) is 1. The summed E-state index contributed by atoms with van der Waals surface area (Å²) in [6.07, 6.45) is 1.82. The van der Waals surface area contributed by atoms with Gasteiger partial charge in [0.25, 0.3) is 0 Å². The second kappa shape index (κ2) is 9.43. The standard InChI is InChI=1S/C21H27ClN2O3S/c1-15-7-8-18(14-16(15)2)17(3)23-21(25)6-5-13-24(28(4,26)27)20-11-9-19(22)10-12-20/h7-12,14,17H,5-6,13H2,1-4H3,(H,23,25). The summed E-state index contributed by atoms with van der Waals surface area (Å²) in [4.78, 5) is 12.3. The van der Waals surface area contributed by atoms with Crippen molar-refractivity contribution in [3.63, 3.8) is 0 Å². The number of aryl methyl sites for hydroxylation is 2. The lowest BCUT2D eigenvalue weighted by atomic mass is 10.0. The number of rotatable bonds is 8. The molecule has 0 radical (unpaired) electrons. The van der Waals surface area contributed by atoms with Crippen LogP contribution in [-0.4, -0.2) is 27.1 Å². The van der Waals surface area contributed by atoms with E-state index in [1.165, 1.54) is 15.4 Å². The molecule has 28 heavy (non-hydrogen) atoms. The number of nitrogens with zero attached hydrogens (tertiary/aromatic N) is 1. The molecule has 1 unspecified atom stereocenters. The Morgan fingerprint density at radius 2 is 1.75 bits per heavy atom. The first-order valence-corrected chi connectivity index (χ1v) is 11.4. The maximum atomic E-state index is 12.3. The van der Waals surface area contributed by atoms with E-state index in [1.807, 2.05) is 26.0 Å². The molecule has 0 saturated heterocycles. The zero-order chi connectivity index (χ0) is 20.9. The minimum absolute atomic E-state index is 0.102. The summed E-state index contributed by atoms with van der Waals surface area (Å²) < 4.78 is 25.5. The van der Waals surface area contributed by atoms with Crippen molar-refractivity contribution in [2.45, 2.75) is 39.7 Å². The van der Waals surface area contributed by atoms with Gasteiger partial charge in [-0.15, -0.1) is 0 Å². The van der Waals surface area contributed by atoms with Crippen molar-refractivity contribution in [1.82, 2.24) is 5.32 Å². The van der Waals surface area contributed by atoms with Gasteiger partial charge in [0, 0.05) is 18.0 Å². The SMILES string of the molecule is Cc1ccc(C(C)NC(=O)CCCN(c2ccc(Cl)cc2)S(C)(=O)=O)cc1C. The van der Waals surface area contributed by atoms with Gasteiger partial charge in [-0.2, -0.15) is 0 Å². The largest absolute Gasteiger partial charge is 0.350 e. The van der Waals surface area contributed by atoms with Gasteiger partial charge in [-0.25, -0.2) is 8.42 Å². The fourth-order valence-electron chi connectivity index (χ4n) is 2.91. The zero-order valence-electron chi connectivity index (χ0n) is 16.7. The van der Waals surface area contributed by atoms with Crippen LogP contribution in [0.5, 0.6) is 0 Å². The van der Waals surface area contributed by atoms with Crippen molar-refractivity contribution >= 4 is 33.2 Å². The Kier molecular flexibility index (Phi) is 7.49. The smallest absolute Gasteiger partial charge is 0.232 e. The maximum absolute atomic E-state index is 12.3. The van der Waals surface area contributed by atoms with Gasteiger partial charge in [0.1, 0.15) is 0 Å². The summed E-state index contributed by atoms with van der Waals surface area (Å²) in [5.74, 6) is -0.102. The Morgan fingerprint density at radius 3 is 2.32 bits per heavy atom. The van der Waals surface area contributed by atoms with E-state index in [-0.39, 0.29) is 24.9 Å². The van der Waals surface area contributed by atoms with Crippen LogP contribution >= 0.6 is 11.6 Å². The molecule has 0 fully saturated rings.